The van der Waals surface area contributed by atoms with E-state index < -0.39 is 0 Å². The van der Waals surface area contributed by atoms with Gasteiger partial charge in [0.15, 0.2) is 6.61 Å². The normalized spacial score (nSPS) is 11.0. The Balaban J connectivity index is 1.32. The van der Waals surface area contributed by atoms with Crippen LogP contribution in [0, 0.1) is 27.7 Å². The predicted octanol–water partition coefficient (Wildman–Crippen LogP) is 5.82. The van der Waals surface area contributed by atoms with Crippen LogP contribution in [-0.2, 0) is 17.9 Å². The summed E-state index contributed by atoms with van der Waals surface area (Å²) in [6.07, 6.45) is 1.87. The van der Waals surface area contributed by atoms with Crippen molar-refractivity contribution < 1.29 is 14.3 Å². The van der Waals surface area contributed by atoms with Gasteiger partial charge in [-0.15, -0.1) is 0 Å². The van der Waals surface area contributed by atoms with Crippen molar-refractivity contribution in [2.24, 2.45) is 0 Å². The van der Waals surface area contributed by atoms with Gasteiger partial charge in [0.25, 0.3) is 5.91 Å². The number of nitrogens with one attached hydrogen (secondary N) is 1. The summed E-state index contributed by atoms with van der Waals surface area (Å²) in [5.41, 5.74) is 6.52. The second kappa shape index (κ2) is 11.8. The van der Waals surface area contributed by atoms with Crippen molar-refractivity contribution in [2.75, 3.05) is 13.2 Å². The monoisotopic (exact) mass is 485 g/mol. The number of aromatic nitrogens is 2. The van der Waals surface area contributed by atoms with Gasteiger partial charge in [0.2, 0.25) is 0 Å². The van der Waals surface area contributed by atoms with Crippen LogP contribution < -0.4 is 14.8 Å². The van der Waals surface area contributed by atoms with E-state index >= 15 is 0 Å². The Morgan fingerprint density at radius 1 is 0.861 bits per heavy atom. The van der Waals surface area contributed by atoms with Crippen LogP contribution >= 0.6 is 0 Å². The predicted molar refractivity (Wildman–Crippen MR) is 144 cm³/mol. The Kier molecular flexibility index (Phi) is 8.26. The molecule has 0 unspecified atom stereocenters. The van der Waals surface area contributed by atoms with Crippen molar-refractivity contribution in [1.29, 1.82) is 0 Å². The van der Waals surface area contributed by atoms with Crippen molar-refractivity contribution in [3.63, 3.8) is 0 Å². The smallest absolute Gasteiger partial charge is 0.258 e. The van der Waals surface area contributed by atoms with Crippen LogP contribution in [0.3, 0.4) is 0 Å². The molecule has 0 saturated carbocycles. The lowest BCUT2D eigenvalue weighted by atomic mass is 10.1. The van der Waals surface area contributed by atoms with Crippen LogP contribution in [-0.4, -0.2) is 28.7 Å². The average molecular weight is 486 g/mol. The number of aryl methyl sites for hydroxylation is 5. The summed E-state index contributed by atoms with van der Waals surface area (Å²) in [7, 11) is 0. The van der Waals surface area contributed by atoms with Crippen molar-refractivity contribution in [3.8, 4) is 11.5 Å². The molecule has 0 aliphatic heterocycles. The van der Waals surface area contributed by atoms with E-state index in [9.17, 15) is 4.79 Å². The second-order valence-electron chi connectivity index (χ2n) is 9.33. The third-order valence-corrected chi connectivity index (χ3v) is 6.24. The molecule has 188 valence electrons. The van der Waals surface area contributed by atoms with Crippen molar-refractivity contribution >= 4 is 16.9 Å². The Morgan fingerprint density at radius 2 is 1.64 bits per heavy atom. The van der Waals surface area contributed by atoms with Crippen molar-refractivity contribution in [2.45, 2.75) is 53.6 Å². The first-order valence-electron chi connectivity index (χ1n) is 12.5. The van der Waals surface area contributed by atoms with Gasteiger partial charge in [-0.25, -0.2) is 4.98 Å². The molecule has 3 aromatic carbocycles. The molecular weight excluding hydrogens is 450 g/mol. The maximum atomic E-state index is 12.5. The number of ether oxygens (including phenoxy) is 2. The standard InChI is InChI=1S/C30H35N3O3/c1-21-12-14-27(24(4)17-21)35-16-8-7-15-33-26-10-6-5-9-25(26)32-29(33)19-31-30(34)20-36-28-18-22(2)11-13-23(28)3/h5-6,9-14,17-18H,7-8,15-16,19-20H2,1-4H3,(H,31,34). The number of benzene rings is 3. The first-order valence-corrected chi connectivity index (χ1v) is 12.5. The molecule has 0 aliphatic rings. The van der Waals surface area contributed by atoms with Crippen LogP contribution in [0.1, 0.15) is 40.9 Å². The number of fused-ring (bicyclic) bond motifs is 1. The second-order valence-corrected chi connectivity index (χ2v) is 9.33. The number of carbonyl (C=O) groups excluding carboxylic acids is 1. The number of hydrogen-bond donors (Lipinski definition) is 1. The minimum Gasteiger partial charge on any atom is -0.493 e. The number of carbonyl (C=O) groups is 1. The molecular formula is C30H35N3O3. The number of amides is 1. The highest BCUT2D eigenvalue weighted by atomic mass is 16.5. The Morgan fingerprint density at radius 3 is 2.47 bits per heavy atom. The van der Waals surface area contributed by atoms with Gasteiger partial charge < -0.3 is 19.4 Å². The Hall–Kier alpha value is -3.80. The summed E-state index contributed by atoms with van der Waals surface area (Å²) in [6, 6.07) is 20.3. The topological polar surface area (TPSA) is 65.4 Å². The number of imidazole rings is 1. The zero-order valence-electron chi connectivity index (χ0n) is 21.6. The number of rotatable bonds is 11. The van der Waals surface area contributed by atoms with Crippen molar-refractivity contribution in [1.82, 2.24) is 14.9 Å². The van der Waals surface area contributed by atoms with E-state index in [1.54, 1.807) is 0 Å². The molecule has 1 heterocycles. The van der Waals surface area contributed by atoms with E-state index in [-0.39, 0.29) is 12.5 Å². The molecule has 0 atom stereocenters. The van der Waals surface area contributed by atoms with Gasteiger partial charge in [-0.05, 0) is 81.5 Å². The summed E-state index contributed by atoms with van der Waals surface area (Å²) in [5, 5.41) is 2.97. The molecule has 1 aromatic heterocycles. The average Bonchev–Trinajstić information content (AvgIpc) is 3.21. The van der Waals surface area contributed by atoms with E-state index in [4.69, 9.17) is 14.5 Å². The Labute approximate surface area is 213 Å². The van der Waals surface area contributed by atoms with Gasteiger partial charge in [0.1, 0.15) is 17.3 Å². The number of unbranched alkanes of at least 4 members (excludes halogenated alkanes) is 1. The maximum absolute atomic E-state index is 12.5. The molecule has 0 radical (unpaired) electrons. The summed E-state index contributed by atoms with van der Waals surface area (Å²) in [4.78, 5) is 17.3. The van der Waals surface area contributed by atoms with E-state index in [0.717, 1.165) is 64.4 Å². The molecule has 0 bridgehead atoms. The molecule has 36 heavy (non-hydrogen) atoms. The minimum atomic E-state index is -0.170. The molecule has 0 saturated heterocycles. The van der Waals surface area contributed by atoms with E-state index in [0.29, 0.717) is 13.2 Å². The molecule has 6 nitrogen and oxygen atoms in total. The van der Waals surface area contributed by atoms with Gasteiger partial charge in [0.05, 0.1) is 24.2 Å². The third-order valence-electron chi connectivity index (χ3n) is 6.24. The fourth-order valence-electron chi connectivity index (χ4n) is 4.26. The number of hydrogen-bond acceptors (Lipinski definition) is 4. The first-order chi connectivity index (χ1) is 17.4. The number of nitrogens with zero attached hydrogens (tertiary/aromatic N) is 2. The summed E-state index contributed by atoms with van der Waals surface area (Å²) < 4.78 is 13.9. The summed E-state index contributed by atoms with van der Waals surface area (Å²) >= 11 is 0. The third kappa shape index (κ3) is 6.45. The molecule has 0 aliphatic carbocycles. The highest BCUT2D eigenvalue weighted by molar-refractivity contribution is 5.78. The zero-order chi connectivity index (χ0) is 25.5. The van der Waals surface area contributed by atoms with Gasteiger partial charge in [-0.2, -0.15) is 0 Å². The molecule has 0 fully saturated rings. The minimum absolute atomic E-state index is 0.0275. The van der Waals surface area contributed by atoms with E-state index in [1.807, 2.05) is 56.3 Å². The fourth-order valence-corrected chi connectivity index (χ4v) is 4.26. The number of para-hydroxylation sites is 2. The first kappa shape index (κ1) is 25.3. The van der Waals surface area contributed by atoms with Gasteiger partial charge >= 0.3 is 0 Å². The molecule has 1 amide bonds. The van der Waals surface area contributed by atoms with E-state index in [1.165, 1.54) is 5.56 Å². The van der Waals surface area contributed by atoms with E-state index in [2.05, 4.69) is 41.9 Å². The van der Waals surface area contributed by atoms with Crippen LogP contribution in [0.15, 0.2) is 60.7 Å². The fraction of sp³-hybridized carbons (Fsp3) is 0.333. The largest absolute Gasteiger partial charge is 0.493 e. The van der Waals surface area contributed by atoms with Crippen LogP contribution in [0.5, 0.6) is 11.5 Å². The summed E-state index contributed by atoms with van der Waals surface area (Å²) in [6.45, 7) is 9.94. The maximum Gasteiger partial charge on any atom is 0.258 e. The van der Waals surface area contributed by atoms with Crippen molar-refractivity contribution in [3.05, 3.63) is 88.7 Å². The van der Waals surface area contributed by atoms with Gasteiger partial charge in [-0.1, -0.05) is 42.0 Å². The molecule has 6 heteroatoms. The molecule has 4 rings (SSSR count). The Bertz CT molecular complexity index is 1340. The van der Waals surface area contributed by atoms with Crippen LogP contribution in [0.25, 0.3) is 11.0 Å². The van der Waals surface area contributed by atoms with Crippen LogP contribution in [0.4, 0.5) is 0 Å². The highest BCUT2D eigenvalue weighted by Gasteiger charge is 2.12. The van der Waals surface area contributed by atoms with Crippen LogP contribution in [0.2, 0.25) is 0 Å². The summed E-state index contributed by atoms with van der Waals surface area (Å²) in [5.74, 6) is 2.35. The quantitative estimate of drug-likeness (QED) is 0.272. The van der Waals surface area contributed by atoms with Gasteiger partial charge in [0, 0.05) is 6.54 Å². The molecule has 4 aromatic rings. The lowest BCUT2D eigenvalue weighted by Gasteiger charge is -2.13. The zero-order valence-corrected chi connectivity index (χ0v) is 21.6. The highest BCUT2D eigenvalue weighted by Crippen LogP contribution is 2.21. The SMILES string of the molecule is Cc1ccc(OCCCCn2c(CNC(=O)COc3cc(C)ccc3C)nc3ccccc32)c(C)c1. The lowest BCUT2D eigenvalue weighted by molar-refractivity contribution is -0.123. The molecule has 0 spiro atoms. The molecule has 1 N–H and O–H groups in total. The lowest BCUT2D eigenvalue weighted by Crippen LogP contribution is -2.29. The van der Waals surface area contributed by atoms with Gasteiger partial charge in [-0.3, -0.25) is 4.79 Å².